The Morgan fingerprint density at radius 3 is 3.00 bits per heavy atom. The first-order chi connectivity index (χ1) is 11.0. The van der Waals surface area contributed by atoms with Crippen molar-refractivity contribution in [3.05, 3.63) is 38.8 Å². The molecule has 0 saturated heterocycles. The zero-order valence-corrected chi connectivity index (χ0v) is 15.3. The number of esters is 1. The molecule has 0 aliphatic heterocycles. The molecular weight excluding hydrogens is 382 g/mol. The molecule has 0 saturated carbocycles. The molecule has 23 heavy (non-hydrogen) atoms. The molecule has 0 spiro atoms. The Balaban J connectivity index is 2.13. The molecule has 122 valence electrons. The van der Waals surface area contributed by atoms with Gasteiger partial charge in [-0.15, -0.1) is 0 Å². The molecular formula is C15H16BrN3O3S. The summed E-state index contributed by atoms with van der Waals surface area (Å²) in [6, 6.07) is 5.68. The van der Waals surface area contributed by atoms with Gasteiger partial charge in [0.1, 0.15) is 10.6 Å². The van der Waals surface area contributed by atoms with E-state index in [0.717, 1.165) is 15.8 Å². The van der Waals surface area contributed by atoms with Crippen LogP contribution in [0.3, 0.4) is 0 Å². The van der Waals surface area contributed by atoms with E-state index < -0.39 is 5.97 Å². The smallest absolute Gasteiger partial charge is 0.350 e. The van der Waals surface area contributed by atoms with Crippen molar-refractivity contribution in [1.82, 2.24) is 4.98 Å². The van der Waals surface area contributed by atoms with Crippen LogP contribution in [0.15, 0.2) is 27.8 Å². The van der Waals surface area contributed by atoms with Crippen molar-refractivity contribution >= 4 is 44.6 Å². The van der Waals surface area contributed by atoms with Gasteiger partial charge in [-0.1, -0.05) is 27.3 Å². The van der Waals surface area contributed by atoms with E-state index in [9.17, 15) is 4.79 Å². The van der Waals surface area contributed by atoms with Crippen molar-refractivity contribution in [2.24, 2.45) is 5.10 Å². The quantitative estimate of drug-likeness (QED) is 0.455. The molecule has 8 heteroatoms. The molecule has 0 amide bonds. The first-order valence-corrected chi connectivity index (χ1v) is 8.43. The van der Waals surface area contributed by atoms with Crippen LogP contribution >= 0.6 is 27.3 Å². The molecule has 0 radical (unpaired) electrons. The number of methoxy groups -OCH3 is 1. The van der Waals surface area contributed by atoms with Gasteiger partial charge in [0, 0.05) is 10.0 Å². The van der Waals surface area contributed by atoms with Crippen LogP contribution in [0, 0.1) is 6.92 Å². The topological polar surface area (TPSA) is 72.8 Å². The lowest BCUT2D eigenvalue weighted by Crippen LogP contribution is -1.99. The van der Waals surface area contributed by atoms with Crippen molar-refractivity contribution in [2.45, 2.75) is 13.8 Å². The summed E-state index contributed by atoms with van der Waals surface area (Å²) in [5, 5.41) is 4.68. The molecule has 6 nitrogen and oxygen atoms in total. The van der Waals surface area contributed by atoms with Gasteiger partial charge in [0.05, 0.1) is 25.6 Å². The summed E-state index contributed by atoms with van der Waals surface area (Å²) < 4.78 is 11.2. The van der Waals surface area contributed by atoms with Gasteiger partial charge in [-0.25, -0.2) is 9.78 Å². The number of thiazole rings is 1. The zero-order valence-electron chi connectivity index (χ0n) is 12.9. The lowest BCUT2D eigenvalue weighted by atomic mass is 10.2. The van der Waals surface area contributed by atoms with Crippen LogP contribution < -0.4 is 10.2 Å². The molecule has 0 aliphatic carbocycles. The van der Waals surface area contributed by atoms with E-state index in [-0.39, 0.29) is 0 Å². The number of anilines is 1. The molecule has 0 aliphatic rings. The molecule has 2 rings (SSSR count). The van der Waals surface area contributed by atoms with Gasteiger partial charge >= 0.3 is 5.97 Å². The number of nitrogens with one attached hydrogen (secondary N) is 1. The number of rotatable bonds is 6. The monoisotopic (exact) mass is 397 g/mol. The second kappa shape index (κ2) is 8.07. The highest BCUT2D eigenvalue weighted by Gasteiger charge is 2.15. The van der Waals surface area contributed by atoms with Crippen molar-refractivity contribution in [2.75, 3.05) is 19.1 Å². The van der Waals surface area contributed by atoms with Crippen molar-refractivity contribution in [3.63, 3.8) is 0 Å². The van der Waals surface area contributed by atoms with E-state index in [1.807, 2.05) is 25.1 Å². The van der Waals surface area contributed by atoms with Crippen molar-refractivity contribution in [3.8, 4) is 5.75 Å². The predicted molar refractivity (Wildman–Crippen MR) is 94.7 cm³/mol. The molecule has 1 N–H and O–H groups in total. The summed E-state index contributed by atoms with van der Waals surface area (Å²) in [5.74, 6) is 0.342. The zero-order chi connectivity index (χ0) is 16.8. The highest BCUT2D eigenvalue weighted by atomic mass is 79.9. The second-order valence-electron chi connectivity index (χ2n) is 4.41. The van der Waals surface area contributed by atoms with Crippen LogP contribution in [0.4, 0.5) is 5.13 Å². The summed E-state index contributed by atoms with van der Waals surface area (Å²) in [6.45, 7) is 4.25. The van der Waals surface area contributed by atoms with E-state index >= 15 is 0 Å². The van der Waals surface area contributed by atoms with E-state index in [4.69, 9.17) is 9.47 Å². The number of carbonyl (C=O) groups excluding carboxylic acids is 1. The number of hydrogen-bond acceptors (Lipinski definition) is 7. The van der Waals surface area contributed by atoms with E-state index in [2.05, 4.69) is 31.4 Å². The van der Waals surface area contributed by atoms with Gasteiger partial charge in [-0.3, -0.25) is 5.43 Å². The van der Waals surface area contributed by atoms with Gasteiger partial charge in [0.25, 0.3) is 0 Å². The Kier molecular flexibility index (Phi) is 6.12. The first-order valence-electron chi connectivity index (χ1n) is 6.82. The van der Waals surface area contributed by atoms with Crippen LogP contribution in [-0.4, -0.2) is 30.9 Å². The second-order valence-corrected chi connectivity index (χ2v) is 6.33. The Morgan fingerprint density at radius 1 is 1.52 bits per heavy atom. The molecule has 1 aromatic heterocycles. The number of carbonyl (C=O) groups is 1. The van der Waals surface area contributed by atoms with Crippen LogP contribution in [-0.2, 0) is 4.74 Å². The first kappa shape index (κ1) is 17.4. The number of nitrogens with zero attached hydrogens (tertiary/aromatic N) is 2. The Labute approximate surface area is 146 Å². The van der Waals surface area contributed by atoms with Gasteiger partial charge < -0.3 is 9.47 Å². The molecule has 0 atom stereocenters. The molecule has 1 aromatic carbocycles. The molecule has 1 heterocycles. The summed E-state index contributed by atoms with van der Waals surface area (Å²) in [7, 11) is 1.34. The fraction of sp³-hybridized carbons (Fsp3) is 0.267. The summed E-state index contributed by atoms with van der Waals surface area (Å²) in [6.07, 6.45) is 1.64. The number of hydrogen-bond donors (Lipinski definition) is 1. The molecule has 0 fully saturated rings. The van der Waals surface area contributed by atoms with Crippen LogP contribution in [0.1, 0.15) is 27.9 Å². The van der Waals surface area contributed by atoms with E-state index in [1.54, 1.807) is 13.1 Å². The number of benzene rings is 1. The third kappa shape index (κ3) is 4.52. The fourth-order valence-electron chi connectivity index (χ4n) is 1.79. The standard InChI is InChI=1S/C15H16BrN3O3S/c1-4-22-12-6-5-11(16)7-10(12)8-17-19-15-18-9(2)13(23-15)14(20)21-3/h5-8H,4H2,1-3H3,(H,18,19)/b17-8+. The van der Waals surface area contributed by atoms with Crippen molar-refractivity contribution < 1.29 is 14.3 Å². The molecule has 2 aromatic rings. The highest BCUT2D eigenvalue weighted by Crippen LogP contribution is 2.24. The highest BCUT2D eigenvalue weighted by molar-refractivity contribution is 9.10. The third-order valence-corrected chi connectivity index (χ3v) is 4.34. The fourth-order valence-corrected chi connectivity index (χ4v) is 3.00. The molecule has 0 bridgehead atoms. The number of aryl methyl sites for hydroxylation is 1. The number of halogens is 1. The minimum Gasteiger partial charge on any atom is -0.493 e. The van der Waals surface area contributed by atoms with Crippen LogP contribution in [0.5, 0.6) is 5.75 Å². The average Bonchev–Trinajstić information content (AvgIpc) is 2.90. The largest absolute Gasteiger partial charge is 0.493 e. The van der Waals surface area contributed by atoms with Gasteiger partial charge in [-0.2, -0.15) is 5.10 Å². The van der Waals surface area contributed by atoms with Gasteiger partial charge in [0.2, 0.25) is 5.13 Å². The lowest BCUT2D eigenvalue weighted by molar-refractivity contribution is 0.0605. The Bertz CT molecular complexity index is 731. The SMILES string of the molecule is CCOc1ccc(Br)cc1/C=N/Nc1nc(C)c(C(=O)OC)s1. The van der Waals surface area contributed by atoms with Gasteiger partial charge in [-0.05, 0) is 32.0 Å². The van der Waals surface area contributed by atoms with E-state index in [0.29, 0.717) is 22.3 Å². The van der Waals surface area contributed by atoms with Crippen LogP contribution in [0.2, 0.25) is 0 Å². The maximum absolute atomic E-state index is 11.6. The lowest BCUT2D eigenvalue weighted by Gasteiger charge is -2.06. The molecule has 0 unspecified atom stereocenters. The summed E-state index contributed by atoms with van der Waals surface area (Å²) >= 11 is 4.62. The Hall–Kier alpha value is -1.93. The maximum Gasteiger partial charge on any atom is 0.350 e. The summed E-state index contributed by atoms with van der Waals surface area (Å²) in [4.78, 5) is 16.3. The third-order valence-electron chi connectivity index (χ3n) is 2.80. The summed E-state index contributed by atoms with van der Waals surface area (Å²) in [5.41, 5.74) is 4.26. The average molecular weight is 398 g/mol. The van der Waals surface area contributed by atoms with Crippen LogP contribution in [0.25, 0.3) is 0 Å². The number of ether oxygens (including phenoxy) is 2. The number of aromatic nitrogens is 1. The normalized spacial score (nSPS) is 10.8. The maximum atomic E-state index is 11.6. The van der Waals surface area contributed by atoms with Gasteiger partial charge in [0.15, 0.2) is 0 Å². The minimum absolute atomic E-state index is 0.400. The predicted octanol–water partition coefficient (Wildman–Crippen LogP) is 3.85. The number of hydrazone groups is 1. The Morgan fingerprint density at radius 2 is 2.30 bits per heavy atom. The van der Waals surface area contributed by atoms with Crippen molar-refractivity contribution in [1.29, 1.82) is 0 Å². The van der Waals surface area contributed by atoms with E-state index in [1.165, 1.54) is 18.4 Å². The minimum atomic E-state index is -0.400.